The fourth-order valence-corrected chi connectivity index (χ4v) is 4.14. The molecule has 0 aliphatic rings. The third-order valence-corrected chi connectivity index (χ3v) is 6.35. The molecular weight excluding hydrogens is 380 g/mol. The first-order valence-electron chi connectivity index (χ1n) is 13.3. The van der Waals surface area contributed by atoms with E-state index in [-0.39, 0.29) is 18.0 Å². The fourth-order valence-electron chi connectivity index (χ4n) is 4.14. The van der Waals surface area contributed by atoms with Crippen LogP contribution in [0.25, 0.3) is 0 Å². The molecule has 0 saturated heterocycles. The minimum atomic E-state index is -0.0548. The molecule has 2 nitrogen and oxygen atoms in total. The van der Waals surface area contributed by atoms with E-state index in [4.69, 9.17) is 0 Å². The number of ketones is 2. The van der Waals surface area contributed by atoms with Gasteiger partial charge in [-0.1, -0.05) is 134 Å². The molecule has 31 heavy (non-hydrogen) atoms. The van der Waals surface area contributed by atoms with Crippen LogP contribution in [0.3, 0.4) is 0 Å². The zero-order valence-corrected chi connectivity index (χ0v) is 20.6. The summed E-state index contributed by atoms with van der Waals surface area (Å²) in [7, 11) is 0. The number of benzene rings is 1. The van der Waals surface area contributed by atoms with E-state index in [1.807, 2.05) is 12.1 Å². The molecule has 0 radical (unpaired) electrons. The van der Waals surface area contributed by atoms with Crippen LogP contribution in [0.1, 0.15) is 145 Å². The Bertz CT molecular complexity index is 573. The van der Waals surface area contributed by atoms with E-state index >= 15 is 0 Å². The van der Waals surface area contributed by atoms with Crippen molar-refractivity contribution in [2.24, 2.45) is 0 Å². The molecule has 1 rings (SSSR count). The van der Waals surface area contributed by atoms with Crippen molar-refractivity contribution < 1.29 is 9.59 Å². The van der Waals surface area contributed by atoms with Crippen molar-refractivity contribution in [2.75, 3.05) is 0 Å². The zero-order chi connectivity index (χ0) is 22.6. The maximum absolute atomic E-state index is 12.0. The molecule has 0 saturated carbocycles. The number of rotatable bonds is 21. The number of hydrogen-bond donors (Lipinski definition) is 0. The minimum absolute atomic E-state index is 0.0160. The number of carbonyl (C=O) groups excluding carboxylic acids is 2. The van der Waals surface area contributed by atoms with Crippen molar-refractivity contribution >= 4 is 11.6 Å². The molecule has 0 heterocycles. The summed E-state index contributed by atoms with van der Waals surface area (Å²) in [6.07, 6.45) is 23.9. The van der Waals surface area contributed by atoms with Crippen LogP contribution in [-0.4, -0.2) is 11.6 Å². The van der Waals surface area contributed by atoms with Crippen LogP contribution in [0.4, 0.5) is 0 Å². The van der Waals surface area contributed by atoms with Gasteiger partial charge >= 0.3 is 0 Å². The average molecular weight is 429 g/mol. The Morgan fingerprint density at radius 3 is 1.42 bits per heavy atom. The van der Waals surface area contributed by atoms with Gasteiger partial charge in [0.1, 0.15) is 5.78 Å². The van der Waals surface area contributed by atoms with Crippen molar-refractivity contribution in [1.29, 1.82) is 0 Å². The summed E-state index contributed by atoms with van der Waals surface area (Å²) in [6.45, 7) is 4.09. The summed E-state index contributed by atoms with van der Waals surface area (Å²) in [6, 6.07) is 7.86. The highest BCUT2D eigenvalue weighted by Gasteiger charge is 2.10. The predicted octanol–water partition coefficient (Wildman–Crippen LogP) is 9.04. The number of carbonyl (C=O) groups is 2. The van der Waals surface area contributed by atoms with Crippen LogP contribution in [0.15, 0.2) is 24.3 Å². The smallest absolute Gasteiger partial charge is 0.170 e. The SMILES string of the molecule is CCCCCCCCCCCCCCCCCCc1ccc(C(=O)CC(=O)CC)cc1. The fraction of sp³-hybridized carbons (Fsp3) is 0.724. The summed E-state index contributed by atoms with van der Waals surface area (Å²) in [5.41, 5.74) is 1.96. The maximum Gasteiger partial charge on any atom is 0.170 e. The van der Waals surface area contributed by atoms with Gasteiger partial charge in [-0.05, 0) is 18.4 Å². The van der Waals surface area contributed by atoms with Crippen LogP contribution >= 0.6 is 0 Å². The Kier molecular flexibility index (Phi) is 17.1. The van der Waals surface area contributed by atoms with Crippen molar-refractivity contribution in [3.05, 3.63) is 35.4 Å². The molecule has 0 N–H and O–H groups in total. The summed E-state index contributed by atoms with van der Waals surface area (Å²) in [4.78, 5) is 23.4. The molecule has 0 fully saturated rings. The van der Waals surface area contributed by atoms with Crippen LogP contribution in [0, 0.1) is 0 Å². The second-order valence-corrected chi connectivity index (χ2v) is 9.24. The van der Waals surface area contributed by atoms with E-state index in [9.17, 15) is 9.59 Å². The van der Waals surface area contributed by atoms with Crippen LogP contribution in [0.5, 0.6) is 0 Å². The molecule has 2 heteroatoms. The Labute approximate surface area is 192 Å². The van der Waals surface area contributed by atoms with E-state index in [1.165, 1.54) is 108 Å². The van der Waals surface area contributed by atoms with E-state index in [0.717, 1.165) is 6.42 Å². The van der Waals surface area contributed by atoms with Gasteiger partial charge in [0, 0.05) is 12.0 Å². The van der Waals surface area contributed by atoms with Crippen molar-refractivity contribution in [2.45, 2.75) is 136 Å². The van der Waals surface area contributed by atoms with Gasteiger partial charge in [0.25, 0.3) is 0 Å². The molecular formula is C29H48O2. The van der Waals surface area contributed by atoms with E-state index in [2.05, 4.69) is 19.1 Å². The van der Waals surface area contributed by atoms with Crippen LogP contribution in [0.2, 0.25) is 0 Å². The molecule has 0 amide bonds. The normalized spacial score (nSPS) is 11.0. The molecule has 0 aromatic heterocycles. The number of aryl methyl sites for hydroxylation is 1. The molecule has 0 bridgehead atoms. The van der Waals surface area contributed by atoms with E-state index in [1.54, 1.807) is 6.92 Å². The van der Waals surface area contributed by atoms with Gasteiger partial charge in [-0.2, -0.15) is 0 Å². The first-order chi connectivity index (χ1) is 15.2. The number of unbranched alkanes of at least 4 members (excludes halogenated alkanes) is 15. The molecule has 176 valence electrons. The van der Waals surface area contributed by atoms with Gasteiger partial charge in [0.15, 0.2) is 5.78 Å². The largest absolute Gasteiger partial charge is 0.299 e. The Hall–Kier alpha value is -1.44. The summed E-state index contributed by atoms with van der Waals surface area (Å²) in [5, 5.41) is 0. The summed E-state index contributed by atoms with van der Waals surface area (Å²) >= 11 is 0. The van der Waals surface area contributed by atoms with E-state index in [0.29, 0.717) is 12.0 Å². The van der Waals surface area contributed by atoms with Crippen molar-refractivity contribution in [1.82, 2.24) is 0 Å². The lowest BCUT2D eigenvalue weighted by Crippen LogP contribution is -2.06. The van der Waals surface area contributed by atoms with Gasteiger partial charge < -0.3 is 0 Å². The van der Waals surface area contributed by atoms with Crippen LogP contribution in [-0.2, 0) is 11.2 Å². The predicted molar refractivity (Wildman–Crippen MR) is 134 cm³/mol. The highest BCUT2D eigenvalue weighted by molar-refractivity contribution is 6.07. The van der Waals surface area contributed by atoms with Gasteiger partial charge in [-0.3, -0.25) is 9.59 Å². The summed E-state index contributed by atoms with van der Waals surface area (Å²) < 4.78 is 0. The molecule has 0 aliphatic carbocycles. The minimum Gasteiger partial charge on any atom is -0.299 e. The zero-order valence-electron chi connectivity index (χ0n) is 20.6. The van der Waals surface area contributed by atoms with Crippen LogP contribution < -0.4 is 0 Å². The summed E-state index contributed by atoms with van der Waals surface area (Å²) in [5.74, 6) is -0.0388. The lowest BCUT2D eigenvalue weighted by molar-refractivity contribution is -0.117. The lowest BCUT2D eigenvalue weighted by atomic mass is 10.0. The molecule has 0 unspecified atom stereocenters. The third kappa shape index (κ3) is 15.1. The first-order valence-corrected chi connectivity index (χ1v) is 13.3. The maximum atomic E-state index is 12.0. The topological polar surface area (TPSA) is 34.1 Å². The monoisotopic (exact) mass is 428 g/mol. The third-order valence-electron chi connectivity index (χ3n) is 6.35. The Morgan fingerprint density at radius 2 is 1.00 bits per heavy atom. The Morgan fingerprint density at radius 1 is 0.581 bits per heavy atom. The highest BCUT2D eigenvalue weighted by Crippen LogP contribution is 2.15. The van der Waals surface area contributed by atoms with Crippen molar-refractivity contribution in [3.63, 3.8) is 0 Å². The van der Waals surface area contributed by atoms with Gasteiger partial charge in [-0.15, -0.1) is 0 Å². The van der Waals surface area contributed by atoms with Gasteiger partial charge in [0.2, 0.25) is 0 Å². The second-order valence-electron chi connectivity index (χ2n) is 9.24. The lowest BCUT2D eigenvalue weighted by Gasteiger charge is -2.05. The van der Waals surface area contributed by atoms with Gasteiger partial charge in [-0.25, -0.2) is 0 Å². The molecule has 1 aromatic rings. The second kappa shape index (κ2) is 19.3. The molecule has 1 aromatic carbocycles. The number of Topliss-reactive ketones (excluding diaryl/α,β-unsaturated/α-hetero) is 2. The Balaban J connectivity index is 1.92. The van der Waals surface area contributed by atoms with E-state index < -0.39 is 0 Å². The highest BCUT2D eigenvalue weighted by atomic mass is 16.1. The molecule has 0 spiro atoms. The molecule has 0 atom stereocenters. The van der Waals surface area contributed by atoms with Gasteiger partial charge in [0.05, 0.1) is 6.42 Å². The van der Waals surface area contributed by atoms with Crippen molar-refractivity contribution in [3.8, 4) is 0 Å². The average Bonchev–Trinajstić information content (AvgIpc) is 2.79. The quantitative estimate of drug-likeness (QED) is 0.111. The standard InChI is InChI=1S/C29H48O2/c1-3-5-6-7-8-9-10-11-12-13-14-15-16-17-18-19-20-26-21-23-27(24-22-26)29(31)25-28(30)4-2/h21-24H,3-20,25H2,1-2H3. The first kappa shape index (κ1) is 27.6. The number of hydrogen-bond acceptors (Lipinski definition) is 2. The molecule has 0 aliphatic heterocycles.